The quantitative estimate of drug-likeness (QED) is 0.765. The zero-order valence-electron chi connectivity index (χ0n) is 10.4. The normalized spacial score (nSPS) is 16.7. The van der Waals surface area contributed by atoms with Crippen molar-refractivity contribution in [3.63, 3.8) is 0 Å². The SMILES string of the molecule is COC(C(=O)c1ccc2ccccc2c1)C1CC1. The lowest BCUT2D eigenvalue weighted by Gasteiger charge is -2.13. The molecule has 0 saturated heterocycles. The Kier molecular flexibility index (Phi) is 2.88. The number of fused-ring (bicyclic) bond motifs is 1. The van der Waals surface area contributed by atoms with Gasteiger partial charge in [0.2, 0.25) is 0 Å². The van der Waals surface area contributed by atoms with E-state index in [1.165, 1.54) is 0 Å². The molecule has 2 aromatic rings. The van der Waals surface area contributed by atoms with Crippen LogP contribution in [-0.4, -0.2) is 19.0 Å². The maximum absolute atomic E-state index is 12.4. The lowest BCUT2D eigenvalue weighted by Crippen LogP contribution is -2.25. The van der Waals surface area contributed by atoms with Gasteiger partial charge in [0, 0.05) is 12.7 Å². The summed E-state index contributed by atoms with van der Waals surface area (Å²) in [5, 5.41) is 2.27. The van der Waals surface area contributed by atoms with Gasteiger partial charge in [-0.1, -0.05) is 36.4 Å². The number of rotatable bonds is 4. The number of ketones is 1. The Morgan fingerprint density at radius 2 is 1.89 bits per heavy atom. The fraction of sp³-hybridized carbons (Fsp3) is 0.312. The molecule has 1 fully saturated rings. The second-order valence-electron chi connectivity index (χ2n) is 4.92. The second-order valence-corrected chi connectivity index (χ2v) is 4.92. The predicted octanol–water partition coefficient (Wildman–Crippen LogP) is 3.45. The number of methoxy groups -OCH3 is 1. The van der Waals surface area contributed by atoms with Crippen molar-refractivity contribution >= 4 is 16.6 Å². The highest BCUT2D eigenvalue weighted by Gasteiger charge is 2.36. The molecular weight excluding hydrogens is 224 g/mol. The average Bonchev–Trinajstić information content (AvgIpc) is 3.23. The van der Waals surface area contributed by atoms with Crippen molar-refractivity contribution in [1.82, 2.24) is 0 Å². The molecule has 0 spiro atoms. The highest BCUT2D eigenvalue weighted by molar-refractivity contribution is 6.02. The summed E-state index contributed by atoms with van der Waals surface area (Å²) in [5.41, 5.74) is 0.757. The van der Waals surface area contributed by atoms with E-state index in [1.807, 2.05) is 36.4 Å². The van der Waals surface area contributed by atoms with E-state index < -0.39 is 0 Å². The van der Waals surface area contributed by atoms with E-state index in [0.717, 1.165) is 29.2 Å². The van der Waals surface area contributed by atoms with Gasteiger partial charge in [0.15, 0.2) is 5.78 Å². The maximum Gasteiger partial charge on any atom is 0.191 e. The molecule has 0 aromatic heterocycles. The molecule has 92 valence electrons. The van der Waals surface area contributed by atoms with Crippen molar-refractivity contribution in [2.45, 2.75) is 18.9 Å². The fourth-order valence-electron chi connectivity index (χ4n) is 2.42. The number of hydrogen-bond acceptors (Lipinski definition) is 2. The van der Waals surface area contributed by atoms with Crippen LogP contribution in [0, 0.1) is 5.92 Å². The van der Waals surface area contributed by atoms with Gasteiger partial charge in [-0.05, 0) is 35.6 Å². The minimum atomic E-state index is -0.258. The van der Waals surface area contributed by atoms with Crippen LogP contribution in [-0.2, 0) is 4.74 Å². The van der Waals surface area contributed by atoms with E-state index in [9.17, 15) is 4.79 Å². The zero-order chi connectivity index (χ0) is 12.5. The summed E-state index contributed by atoms with van der Waals surface area (Å²) in [4.78, 5) is 12.4. The number of ether oxygens (including phenoxy) is 1. The molecule has 18 heavy (non-hydrogen) atoms. The van der Waals surface area contributed by atoms with Crippen LogP contribution in [0.3, 0.4) is 0 Å². The first-order valence-electron chi connectivity index (χ1n) is 6.35. The van der Waals surface area contributed by atoms with Gasteiger partial charge in [-0.25, -0.2) is 0 Å². The van der Waals surface area contributed by atoms with Gasteiger partial charge >= 0.3 is 0 Å². The van der Waals surface area contributed by atoms with Gasteiger partial charge in [-0.2, -0.15) is 0 Å². The van der Waals surface area contributed by atoms with Crippen molar-refractivity contribution in [3.05, 3.63) is 48.0 Å². The number of hydrogen-bond donors (Lipinski definition) is 0. The molecule has 0 heterocycles. The largest absolute Gasteiger partial charge is 0.373 e. The molecule has 0 N–H and O–H groups in total. The maximum atomic E-state index is 12.4. The van der Waals surface area contributed by atoms with Gasteiger partial charge in [-0.15, -0.1) is 0 Å². The van der Waals surface area contributed by atoms with Crippen LogP contribution in [0.2, 0.25) is 0 Å². The number of carbonyl (C=O) groups is 1. The molecule has 2 nitrogen and oxygen atoms in total. The molecular formula is C16H16O2. The summed E-state index contributed by atoms with van der Waals surface area (Å²) in [6.07, 6.45) is 1.96. The van der Waals surface area contributed by atoms with Crippen molar-refractivity contribution < 1.29 is 9.53 Å². The Morgan fingerprint density at radius 1 is 1.17 bits per heavy atom. The molecule has 2 aromatic carbocycles. The molecule has 0 bridgehead atoms. The number of Topliss-reactive ketones (excluding diaryl/α,β-unsaturated/α-hetero) is 1. The summed E-state index contributed by atoms with van der Waals surface area (Å²) >= 11 is 0. The van der Waals surface area contributed by atoms with Gasteiger partial charge in [0.25, 0.3) is 0 Å². The van der Waals surface area contributed by atoms with Crippen LogP contribution in [0.1, 0.15) is 23.2 Å². The molecule has 3 rings (SSSR count). The first-order valence-corrected chi connectivity index (χ1v) is 6.35. The Morgan fingerprint density at radius 3 is 2.56 bits per heavy atom. The third kappa shape index (κ3) is 2.04. The van der Waals surface area contributed by atoms with E-state index in [-0.39, 0.29) is 11.9 Å². The first kappa shape index (κ1) is 11.4. The minimum absolute atomic E-state index is 0.116. The predicted molar refractivity (Wildman–Crippen MR) is 71.8 cm³/mol. The summed E-state index contributed by atoms with van der Waals surface area (Å²) in [7, 11) is 1.63. The average molecular weight is 240 g/mol. The highest BCUT2D eigenvalue weighted by Crippen LogP contribution is 2.35. The van der Waals surface area contributed by atoms with E-state index in [2.05, 4.69) is 6.07 Å². The minimum Gasteiger partial charge on any atom is -0.373 e. The summed E-state index contributed by atoms with van der Waals surface area (Å²) in [5.74, 6) is 0.541. The topological polar surface area (TPSA) is 26.3 Å². The second kappa shape index (κ2) is 4.54. The van der Waals surface area contributed by atoms with Crippen molar-refractivity contribution in [3.8, 4) is 0 Å². The molecule has 0 amide bonds. The third-order valence-electron chi connectivity index (χ3n) is 3.60. The van der Waals surface area contributed by atoms with E-state index in [0.29, 0.717) is 5.92 Å². The van der Waals surface area contributed by atoms with Crippen LogP contribution < -0.4 is 0 Å². The summed E-state index contributed by atoms with van der Waals surface area (Å²) < 4.78 is 5.35. The third-order valence-corrected chi connectivity index (χ3v) is 3.60. The fourth-order valence-corrected chi connectivity index (χ4v) is 2.42. The standard InChI is InChI=1S/C16H16O2/c1-18-16(12-7-8-12)15(17)14-9-6-11-4-2-3-5-13(11)10-14/h2-6,9-10,12,16H,7-8H2,1H3. The molecule has 1 saturated carbocycles. The first-order chi connectivity index (χ1) is 8.79. The van der Waals surface area contributed by atoms with Gasteiger partial charge in [0.1, 0.15) is 6.10 Å². The number of benzene rings is 2. The van der Waals surface area contributed by atoms with Crippen LogP contribution in [0.25, 0.3) is 10.8 Å². The van der Waals surface area contributed by atoms with Crippen LogP contribution in [0.5, 0.6) is 0 Å². The smallest absolute Gasteiger partial charge is 0.191 e. The summed E-state index contributed by atoms with van der Waals surface area (Å²) in [6.45, 7) is 0. The Balaban J connectivity index is 1.95. The van der Waals surface area contributed by atoms with Gasteiger partial charge in [0.05, 0.1) is 0 Å². The van der Waals surface area contributed by atoms with E-state index >= 15 is 0 Å². The van der Waals surface area contributed by atoms with Gasteiger partial charge in [-0.3, -0.25) is 4.79 Å². The van der Waals surface area contributed by atoms with Crippen molar-refractivity contribution in [2.24, 2.45) is 5.92 Å². The molecule has 2 heteroatoms. The molecule has 0 aliphatic heterocycles. The van der Waals surface area contributed by atoms with Gasteiger partial charge < -0.3 is 4.74 Å². The van der Waals surface area contributed by atoms with Crippen LogP contribution >= 0.6 is 0 Å². The zero-order valence-corrected chi connectivity index (χ0v) is 10.4. The van der Waals surface area contributed by atoms with Crippen LogP contribution in [0.15, 0.2) is 42.5 Å². The van der Waals surface area contributed by atoms with E-state index in [4.69, 9.17) is 4.74 Å². The molecule has 1 unspecified atom stereocenters. The van der Waals surface area contributed by atoms with Crippen molar-refractivity contribution in [2.75, 3.05) is 7.11 Å². The lowest BCUT2D eigenvalue weighted by atomic mass is 9.99. The van der Waals surface area contributed by atoms with Crippen molar-refractivity contribution in [1.29, 1.82) is 0 Å². The molecule has 1 aliphatic rings. The Bertz CT molecular complexity index is 584. The molecule has 1 aliphatic carbocycles. The Hall–Kier alpha value is -1.67. The number of carbonyl (C=O) groups excluding carboxylic acids is 1. The van der Waals surface area contributed by atoms with E-state index in [1.54, 1.807) is 7.11 Å². The Labute approximate surface area is 107 Å². The van der Waals surface area contributed by atoms with Crippen LogP contribution in [0.4, 0.5) is 0 Å². The highest BCUT2D eigenvalue weighted by atomic mass is 16.5. The summed E-state index contributed by atoms with van der Waals surface area (Å²) in [6, 6.07) is 14.0. The lowest BCUT2D eigenvalue weighted by molar-refractivity contribution is 0.0540. The molecule has 1 atom stereocenters. The molecule has 0 radical (unpaired) electrons. The monoisotopic (exact) mass is 240 g/mol.